The number of nitrogens with zero attached hydrogens (tertiary/aromatic N) is 2. The molecule has 1 N–H and O–H groups in total. The molecule has 0 aromatic heterocycles. The van der Waals surface area contributed by atoms with Crippen molar-refractivity contribution in [2.24, 2.45) is 0 Å². The van der Waals surface area contributed by atoms with Crippen molar-refractivity contribution < 1.29 is 38.4 Å². The van der Waals surface area contributed by atoms with Crippen LogP contribution in [0.15, 0.2) is 30.3 Å². The zero-order valence-electron chi connectivity index (χ0n) is 22.7. The lowest BCUT2D eigenvalue weighted by atomic mass is 9.83. The van der Waals surface area contributed by atoms with E-state index in [0.29, 0.717) is 29.4 Å². The lowest BCUT2D eigenvalue weighted by molar-refractivity contribution is -0.165. The number of aliphatic hydroxyl groups excluding tert-OH is 1. The standard InChI is InChI=1S/C28H36N2O8/c1-16(2)38-28(33)29-13-22(31)30-20(27(29)32)12-19-23(21(30)15-37-14-18-10-8-7-9-11-18)26(36-6)25(35-5)17(3)24(19)34-4/h7-11,16,20-21,27,32H,12-15H2,1-6H3/t20-,21-,27+/m0/s1. The van der Waals surface area contributed by atoms with Crippen LogP contribution in [0.5, 0.6) is 17.2 Å². The van der Waals surface area contributed by atoms with Crippen LogP contribution >= 0.6 is 0 Å². The highest BCUT2D eigenvalue weighted by atomic mass is 16.6. The smallest absolute Gasteiger partial charge is 0.412 e. The third-order valence-electron chi connectivity index (χ3n) is 7.00. The Morgan fingerprint density at radius 3 is 2.32 bits per heavy atom. The van der Waals surface area contributed by atoms with E-state index in [9.17, 15) is 14.7 Å². The van der Waals surface area contributed by atoms with Gasteiger partial charge in [-0.25, -0.2) is 4.79 Å². The normalized spacial score (nSPS) is 20.6. The molecule has 2 aliphatic rings. The number of fused-ring (bicyclic) bond motifs is 2. The first-order chi connectivity index (χ1) is 18.2. The molecule has 2 aromatic rings. The molecule has 0 bridgehead atoms. The summed E-state index contributed by atoms with van der Waals surface area (Å²) >= 11 is 0. The van der Waals surface area contributed by atoms with E-state index in [2.05, 4.69) is 0 Å². The van der Waals surface area contributed by atoms with Gasteiger partial charge in [-0.05, 0) is 26.3 Å². The first-order valence-electron chi connectivity index (χ1n) is 12.6. The van der Waals surface area contributed by atoms with Crippen LogP contribution in [0.3, 0.4) is 0 Å². The van der Waals surface area contributed by atoms with E-state index in [0.717, 1.165) is 21.6 Å². The van der Waals surface area contributed by atoms with E-state index in [-0.39, 0.29) is 25.5 Å². The highest BCUT2D eigenvalue weighted by molar-refractivity contribution is 5.85. The van der Waals surface area contributed by atoms with Crippen LogP contribution in [0.1, 0.15) is 42.1 Å². The quantitative estimate of drug-likeness (QED) is 0.557. The van der Waals surface area contributed by atoms with E-state index in [1.807, 2.05) is 37.3 Å². The maximum Gasteiger partial charge on any atom is 0.412 e. The maximum absolute atomic E-state index is 13.6. The summed E-state index contributed by atoms with van der Waals surface area (Å²) in [6.07, 6.45) is -2.19. The SMILES string of the molecule is COc1c(C)c(OC)c(OC)c2c1C[C@H]1[C@@H](O)N(C(=O)OC(C)C)CC(=O)N1[C@H]2COCc1ccccc1. The van der Waals surface area contributed by atoms with Crippen molar-refractivity contribution in [2.45, 2.75) is 58.2 Å². The predicted molar refractivity (Wildman–Crippen MR) is 138 cm³/mol. The second-order valence-corrected chi connectivity index (χ2v) is 9.68. The molecule has 0 saturated carbocycles. The summed E-state index contributed by atoms with van der Waals surface area (Å²) in [5.74, 6) is 1.23. The molecule has 0 aliphatic carbocycles. The van der Waals surface area contributed by atoms with Crippen LogP contribution in [0.4, 0.5) is 4.79 Å². The topological polar surface area (TPSA) is 107 Å². The molecule has 206 valence electrons. The van der Waals surface area contributed by atoms with Crippen LogP contribution < -0.4 is 14.2 Å². The molecule has 0 spiro atoms. The van der Waals surface area contributed by atoms with E-state index >= 15 is 0 Å². The fraction of sp³-hybridized carbons (Fsp3) is 0.500. The Morgan fingerprint density at radius 1 is 1.05 bits per heavy atom. The van der Waals surface area contributed by atoms with Gasteiger partial charge in [0.05, 0.1) is 52.7 Å². The minimum atomic E-state index is -1.29. The number of hydrogen-bond donors (Lipinski definition) is 1. The molecule has 0 unspecified atom stereocenters. The summed E-state index contributed by atoms with van der Waals surface area (Å²) in [4.78, 5) is 29.0. The number of methoxy groups -OCH3 is 3. The van der Waals surface area contributed by atoms with Gasteiger partial charge in [-0.2, -0.15) is 0 Å². The van der Waals surface area contributed by atoms with E-state index < -0.39 is 30.5 Å². The minimum Gasteiger partial charge on any atom is -0.496 e. The van der Waals surface area contributed by atoms with Crippen LogP contribution in [-0.2, 0) is 27.3 Å². The van der Waals surface area contributed by atoms with Gasteiger partial charge in [0.25, 0.3) is 0 Å². The number of amides is 2. The summed E-state index contributed by atoms with van der Waals surface area (Å²) in [6, 6.07) is 8.34. The minimum absolute atomic E-state index is 0.124. The van der Waals surface area contributed by atoms with E-state index in [1.54, 1.807) is 40.1 Å². The highest BCUT2D eigenvalue weighted by Gasteiger charge is 2.51. The van der Waals surface area contributed by atoms with Gasteiger partial charge in [-0.15, -0.1) is 0 Å². The molecule has 2 aromatic carbocycles. The van der Waals surface area contributed by atoms with Crippen molar-refractivity contribution in [3.05, 3.63) is 52.6 Å². The molecule has 1 fully saturated rings. The first kappa shape index (κ1) is 27.5. The van der Waals surface area contributed by atoms with Crippen molar-refractivity contribution >= 4 is 12.0 Å². The van der Waals surface area contributed by atoms with Gasteiger partial charge in [0.15, 0.2) is 17.7 Å². The molecule has 3 atom stereocenters. The van der Waals surface area contributed by atoms with Crippen LogP contribution in [-0.4, -0.2) is 79.8 Å². The van der Waals surface area contributed by atoms with Gasteiger partial charge in [0.2, 0.25) is 5.91 Å². The summed E-state index contributed by atoms with van der Waals surface area (Å²) in [5.41, 5.74) is 3.19. The molecule has 2 aliphatic heterocycles. The monoisotopic (exact) mass is 528 g/mol. The largest absolute Gasteiger partial charge is 0.496 e. The number of carbonyl (C=O) groups is 2. The van der Waals surface area contributed by atoms with Crippen molar-refractivity contribution in [3.8, 4) is 17.2 Å². The zero-order chi connectivity index (χ0) is 27.6. The molecular weight excluding hydrogens is 492 g/mol. The number of piperazine rings is 1. The average molecular weight is 529 g/mol. The van der Waals surface area contributed by atoms with Crippen LogP contribution in [0, 0.1) is 6.92 Å². The van der Waals surface area contributed by atoms with Gasteiger partial charge in [0.1, 0.15) is 12.3 Å². The van der Waals surface area contributed by atoms with Gasteiger partial charge in [-0.3, -0.25) is 9.69 Å². The summed E-state index contributed by atoms with van der Waals surface area (Å²) in [5, 5.41) is 11.4. The Hall–Kier alpha value is -3.50. The third kappa shape index (κ3) is 4.98. The van der Waals surface area contributed by atoms with Gasteiger partial charge in [-0.1, -0.05) is 30.3 Å². The number of hydrogen-bond acceptors (Lipinski definition) is 8. The van der Waals surface area contributed by atoms with E-state index in [4.69, 9.17) is 23.7 Å². The molecule has 4 rings (SSSR count). The Kier molecular flexibility index (Phi) is 8.32. The van der Waals surface area contributed by atoms with Gasteiger partial charge >= 0.3 is 6.09 Å². The Balaban J connectivity index is 1.80. The lowest BCUT2D eigenvalue weighted by Crippen LogP contribution is -2.66. The van der Waals surface area contributed by atoms with Crippen molar-refractivity contribution in [3.63, 3.8) is 0 Å². The third-order valence-corrected chi connectivity index (χ3v) is 7.00. The van der Waals surface area contributed by atoms with Crippen LogP contribution in [0.25, 0.3) is 0 Å². The fourth-order valence-electron chi connectivity index (χ4n) is 5.44. The fourth-order valence-corrected chi connectivity index (χ4v) is 5.44. The molecule has 38 heavy (non-hydrogen) atoms. The molecule has 10 heteroatoms. The number of aliphatic hydroxyl groups is 1. The Bertz CT molecular complexity index is 1170. The molecule has 2 amide bonds. The number of rotatable bonds is 8. The molecule has 0 radical (unpaired) electrons. The summed E-state index contributed by atoms with van der Waals surface area (Å²) in [6.45, 7) is 5.42. The molecule has 10 nitrogen and oxygen atoms in total. The molecular formula is C28H36N2O8. The Labute approximate surface area is 223 Å². The van der Waals surface area contributed by atoms with Crippen molar-refractivity contribution in [1.29, 1.82) is 0 Å². The van der Waals surface area contributed by atoms with E-state index in [1.165, 1.54) is 0 Å². The average Bonchev–Trinajstić information content (AvgIpc) is 2.89. The second-order valence-electron chi connectivity index (χ2n) is 9.68. The number of carbonyl (C=O) groups excluding carboxylic acids is 2. The summed E-state index contributed by atoms with van der Waals surface area (Å²) in [7, 11) is 4.67. The number of benzene rings is 2. The molecule has 2 heterocycles. The molecule has 1 saturated heterocycles. The van der Waals surface area contributed by atoms with Crippen molar-refractivity contribution in [2.75, 3.05) is 34.5 Å². The number of ether oxygens (including phenoxy) is 5. The maximum atomic E-state index is 13.6. The predicted octanol–water partition coefficient (Wildman–Crippen LogP) is 3.21. The first-order valence-corrected chi connectivity index (χ1v) is 12.6. The highest BCUT2D eigenvalue weighted by Crippen LogP contribution is 2.51. The summed E-state index contributed by atoms with van der Waals surface area (Å²) < 4.78 is 28.8. The van der Waals surface area contributed by atoms with Gasteiger partial charge < -0.3 is 33.7 Å². The Morgan fingerprint density at radius 2 is 1.71 bits per heavy atom. The second kappa shape index (κ2) is 11.5. The van der Waals surface area contributed by atoms with Gasteiger partial charge in [0, 0.05) is 23.1 Å². The zero-order valence-corrected chi connectivity index (χ0v) is 22.7. The van der Waals surface area contributed by atoms with Crippen LogP contribution in [0.2, 0.25) is 0 Å². The van der Waals surface area contributed by atoms with Crippen molar-refractivity contribution in [1.82, 2.24) is 9.80 Å². The lowest BCUT2D eigenvalue weighted by Gasteiger charge is -2.51.